The number of rotatable bonds is 3. The predicted octanol–water partition coefficient (Wildman–Crippen LogP) is 1.05. The van der Waals surface area contributed by atoms with Gasteiger partial charge in [-0.1, -0.05) is 11.6 Å². The number of nitrogens with two attached hydrogens (primary N) is 3. The van der Waals surface area contributed by atoms with E-state index in [4.69, 9.17) is 38.9 Å². The number of anilines is 3. The van der Waals surface area contributed by atoms with Crippen LogP contribution in [-0.2, 0) is 4.74 Å². The van der Waals surface area contributed by atoms with E-state index in [1.54, 1.807) is 12.3 Å². The van der Waals surface area contributed by atoms with Crippen LogP contribution in [0.5, 0.6) is 0 Å². The lowest BCUT2D eigenvalue weighted by Gasteiger charge is -2.41. The zero-order valence-electron chi connectivity index (χ0n) is 15.4. The summed E-state index contributed by atoms with van der Waals surface area (Å²) in [5, 5.41) is 8.61. The molecule has 4 rings (SSSR count). The Bertz CT molecular complexity index is 912. The number of piperidine rings is 1. The minimum Gasteiger partial charge on any atom is -0.382 e. The van der Waals surface area contributed by atoms with Crippen LogP contribution < -0.4 is 22.1 Å². The van der Waals surface area contributed by atoms with E-state index in [0.29, 0.717) is 18.0 Å². The van der Waals surface area contributed by atoms with Crippen molar-refractivity contribution in [3.63, 3.8) is 0 Å². The molecule has 4 heterocycles. The fourth-order valence-electron chi connectivity index (χ4n) is 3.89. The number of nitrogen functional groups attached to an aromatic ring is 2. The van der Waals surface area contributed by atoms with Gasteiger partial charge in [0.1, 0.15) is 17.3 Å². The molecule has 2 aliphatic heterocycles. The molecule has 2 aromatic heterocycles. The van der Waals surface area contributed by atoms with Crippen molar-refractivity contribution in [1.29, 1.82) is 5.41 Å². The van der Waals surface area contributed by atoms with E-state index in [1.165, 1.54) is 6.20 Å². The fraction of sp³-hybridized carbons (Fsp3) is 0.444. The Labute approximate surface area is 167 Å². The zero-order valence-corrected chi connectivity index (χ0v) is 16.1. The molecule has 2 saturated heterocycles. The van der Waals surface area contributed by atoms with Crippen LogP contribution in [-0.4, -0.2) is 53.0 Å². The largest absolute Gasteiger partial charge is 0.382 e. The van der Waals surface area contributed by atoms with Gasteiger partial charge in [0.2, 0.25) is 0 Å². The molecule has 2 aromatic rings. The topological polar surface area (TPSA) is 153 Å². The lowest BCUT2D eigenvalue weighted by molar-refractivity contribution is 0.131. The van der Waals surface area contributed by atoms with E-state index >= 15 is 0 Å². The number of nitrogens with one attached hydrogen (secondary N) is 1. The third-order valence-corrected chi connectivity index (χ3v) is 6.16. The standard InChI is InChI=1S/C18H23ClN8O/c19-13-10(1-4-24-16(13)22)14(21)15-17(23)26-12(7-25-15)27-5-2-18(3-6-27)9-28-8-11(18)20/h1,4,7,11,21H,2-3,5-6,8-9,20H2,(H2,22,24)(H2,23,26)/t11-/m1/s1. The smallest absolute Gasteiger partial charge is 0.154 e. The number of hydrogen-bond donors (Lipinski definition) is 4. The van der Waals surface area contributed by atoms with Gasteiger partial charge in [-0.15, -0.1) is 0 Å². The Hall–Kier alpha value is -2.49. The summed E-state index contributed by atoms with van der Waals surface area (Å²) in [4.78, 5) is 14.9. The summed E-state index contributed by atoms with van der Waals surface area (Å²) in [7, 11) is 0. The molecule has 0 radical (unpaired) electrons. The van der Waals surface area contributed by atoms with Gasteiger partial charge in [-0.05, 0) is 18.9 Å². The van der Waals surface area contributed by atoms with Crippen LogP contribution >= 0.6 is 11.6 Å². The van der Waals surface area contributed by atoms with E-state index < -0.39 is 0 Å². The second kappa shape index (κ2) is 7.16. The van der Waals surface area contributed by atoms with Gasteiger partial charge in [0, 0.05) is 36.3 Å². The normalized spacial score (nSPS) is 21.2. The van der Waals surface area contributed by atoms with Crippen molar-refractivity contribution in [1.82, 2.24) is 15.0 Å². The number of pyridine rings is 1. The Morgan fingerprint density at radius 1 is 1.25 bits per heavy atom. The van der Waals surface area contributed by atoms with Gasteiger partial charge in [0.15, 0.2) is 5.82 Å². The average Bonchev–Trinajstić information content (AvgIpc) is 3.04. The maximum atomic E-state index is 8.40. The third kappa shape index (κ3) is 3.15. The van der Waals surface area contributed by atoms with Crippen LogP contribution in [0.4, 0.5) is 17.5 Å². The molecule has 0 bridgehead atoms. The number of halogens is 1. The summed E-state index contributed by atoms with van der Waals surface area (Å²) in [5.41, 5.74) is 18.9. The predicted molar refractivity (Wildman–Crippen MR) is 109 cm³/mol. The van der Waals surface area contributed by atoms with E-state index in [2.05, 4.69) is 19.9 Å². The molecule has 2 aliphatic rings. The Morgan fingerprint density at radius 3 is 2.64 bits per heavy atom. The molecule has 0 amide bonds. The monoisotopic (exact) mass is 402 g/mol. The highest BCUT2D eigenvalue weighted by Gasteiger charge is 2.44. The van der Waals surface area contributed by atoms with Crippen LogP contribution in [0.15, 0.2) is 18.5 Å². The molecule has 0 aromatic carbocycles. The van der Waals surface area contributed by atoms with Gasteiger partial charge in [-0.3, -0.25) is 5.41 Å². The maximum absolute atomic E-state index is 8.40. The van der Waals surface area contributed by atoms with E-state index in [9.17, 15) is 0 Å². The lowest BCUT2D eigenvalue weighted by atomic mass is 9.75. The highest BCUT2D eigenvalue weighted by molar-refractivity contribution is 6.37. The van der Waals surface area contributed by atoms with E-state index in [0.717, 1.165) is 32.5 Å². The molecule has 0 unspecified atom stereocenters. The second-order valence-corrected chi connectivity index (χ2v) is 7.74. The van der Waals surface area contributed by atoms with Gasteiger partial charge in [0.05, 0.1) is 30.1 Å². The molecule has 28 heavy (non-hydrogen) atoms. The van der Waals surface area contributed by atoms with Crippen LogP contribution in [0.25, 0.3) is 0 Å². The Morgan fingerprint density at radius 2 is 2.00 bits per heavy atom. The van der Waals surface area contributed by atoms with Gasteiger partial charge in [0.25, 0.3) is 0 Å². The summed E-state index contributed by atoms with van der Waals surface area (Å²) >= 11 is 6.17. The molecule has 0 aliphatic carbocycles. The highest BCUT2D eigenvalue weighted by Crippen LogP contribution is 2.39. The molecule has 9 nitrogen and oxygen atoms in total. The molecular weight excluding hydrogens is 380 g/mol. The minimum atomic E-state index is 0.0577. The first-order valence-electron chi connectivity index (χ1n) is 9.11. The molecule has 1 atom stereocenters. The quantitative estimate of drug-likeness (QED) is 0.555. The Balaban J connectivity index is 1.52. The van der Waals surface area contributed by atoms with Crippen molar-refractivity contribution in [2.45, 2.75) is 18.9 Å². The molecule has 148 valence electrons. The second-order valence-electron chi connectivity index (χ2n) is 7.37. The summed E-state index contributed by atoms with van der Waals surface area (Å²) in [6.45, 7) is 2.98. The third-order valence-electron chi connectivity index (χ3n) is 5.77. The van der Waals surface area contributed by atoms with E-state index in [-0.39, 0.29) is 39.5 Å². The van der Waals surface area contributed by atoms with Crippen molar-refractivity contribution >= 4 is 34.8 Å². The van der Waals surface area contributed by atoms with Crippen molar-refractivity contribution < 1.29 is 4.74 Å². The molecule has 0 saturated carbocycles. The minimum absolute atomic E-state index is 0.0577. The van der Waals surface area contributed by atoms with Crippen LogP contribution in [0, 0.1) is 10.8 Å². The number of aromatic nitrogens is 3. The molecule has 2 fully saturated rings. The van der Waals surface area contributed by atoms with Crippen LogP contribution in [0.2, 0.25) is 5.02 Å². The summed E-state index contributed by atoms with van der Waals surface area (Å²) in [6.07, 6.45) is 5.02. The zero-order chi connectivity index (χ0) is 19.9. The number of hydrogen-bond acceptors (Lipinski definition) is 9. The summed E-state index contributed by atoms with van der Waals surface area (Å²) in [5.74, 6) is 1.02. The first-order valence-corrected chi connectivity index (χ1v) is 9.49. The molecule has 1 spiro atoms. The van der Waals surface area contributed by atoms with Gasteiger partial charge in [-0.25, -0.2) is 15.0 Å². The highest BCUT2D eigenvalue weighted by atomic mass is 35.5. The SMILES string of the molecule is N=C(c1ccnc(N)c1Cl)c1ncc(N2CCC3(CC2)COC[C@H]3N)nc1N. The van der Waals surface area contributed by atoms with Gasteiger partial charge < -0.3 is 26.8 Å². The van der Waals surface area contributed by atoms with Crippen LogP contribution in [0.1, 0.15) is 24.1 Å². The van der Waals surface area contributed by atoms with Crippen LogP contribution in [0.3, 0.4) is 0 Å². The average molecular weight is 403 g/mol. The van der Waals surface area contributed by atoms with E-state index in [1.807, 2.05) is 0 Å². The van der Waals surface area contributed by atoms with Gasteiger partial charge >= 0.3 is 0 Å². The lowest BCUT2D eigenvalue weighted by Crippen LogP contribution is -2.49. The molecular formula is C18H23ClN8O. The molecule has 7 N–H and O–H groups in total. The fourth-order valence-corrected chi connectivity index (χ4v) is 4.09. The number of nitrogens with zero attached hydrogens (tertiary/aromatic N) is 4. The number of ether oxygens (including phenoxy) is 1. The van der Waals surface area contributed by atoms with Gasteiger partial charge in [-0.2, -0.15) is 0 Å². The molecule has 10 heteroatoms. The van der Waals surface area contributed by atoms with Crippen molar-refractivity contribution in [2.24, 2.45) is 11.1 Å². The maximum Gasteiger partial charge on any atom is 0.154 e. The first kappa shape index (κ1) is 18.9. The first-order chi connectivity index (χ1) is 13.4. The van der Waals surface area contributed by atoms with Crippen molar-refractivity contribution in [2.75, 3.05) is 42.7 Å². The van der Waals surface area contributed by atoms with Crippen molar-refractivity contribution in [3.05, 3.63) is 34.7 Å². The summed E-state index contributed by atoms with van der Waals surface area (Å²) in [6, 6.07) is 1.69. The van der Waals surface area contributed by atoms with Crippen molar-refractivity contribution in [3.8, 4) is 0 Å². The Kier molecular flexibility index (Phi) is 4.82. The summed E-state index contributed by atoms with van der Waals surface area (Å²) < 4.78 is 5.57.